The second-order valence-corrected chi connectivity index (χ2v) is 10.7. The average Bonchev–Trinajstić information content (AvgIpc) is 3.05. The molecule has 0 saturated carbocycles. The minimum absolute atomic E-state index is 0.116. The fourth-order valence-electron chi connectivity index (χ4n) is 4.28. The maximum atomic E-state index is 13.2. The molecule has 10 nitrogen and oxygen atoms in total. The Morgan fingerprint density at radius 1 is 0.944 bits per heavy atom. The number of carbonyl (C=O) groups is 4. The molecule has 0 unspecified atom stereocenters. The zero-order valence-electron chi connectivity index (χ0n) is 19.9. The Labute approximate surface area is 209 Å². The number of rotatable bonds is 7. The summed E-state index contributed by atoms with van der Waals surface area (Å²) < 4.78 is 32.8. The molecule has 0 aromatic heterocycles. The van der Waals surface area contributed by atoms with Gasteiger partial charge in [0.25, 0.3) is 17.7 Å². The van der Waals surface area contributed by atoms with Gasteiger partial charge >= 0.3 is 5.97 Å². The minimum atomic E-state index is -3.72. The molecule has 4 rings (SSSR count). The molecular formula is C25H27N3O7S. The van der Waals surface area contributed by atoms with Gasteiger partial charge in [-0.15, -0.1) is 0 Å². The largest absolute Gasteiger partial charge is 0.454 e. The van der Waals surface area contributed by atoms with Crippen molar-refractivity contribution in [2.24, 2.45) is 0 Å². The molecule has 0 radical (unpaired) electrons. The Morgan fingerprint density at radius 2 is 1.56 bits per heavy atom. The molecular weight excluding hydrogens is 486 g/mol. The van der Waals surface area contributed by atoms with E-state index < -0.39 is 46.9 Å². The van der Waals surface area contributed by atoms with E-state index in [0.717, 1.165) is 30.6 Å². The number of hydrogen-bond donors (Lipinski definition) is 1. The van der Waals surface area contributed by atoms with Crippen LogP contribution < -0.4 is 5.32 Å². The third kappa shape index (κ3) is 5.31. The number of hydrogen-bond acceptors (Lipinski definition) is 7. The number of amides is 3. The number of fused-ring (bicyclic) bond motifs is 1. The molecule has 1 N–H and O–H groups in total. The highest BCUT2D eigenvalue weighted by atomic mass is 32.2. The van der Waals surface area contributed by atoms with Crippen molar-refractivity contribution in [2.45, 2.75) is 37.5 Å². The zero-order valence-corrected chi connectivity index (χ0v) is 20.7. The molecule has 3 amide bonds. The number of nitrogens with one attached hydrogen (secondary N) is 1. The number of nitrogens with zero attached hydrogens (tertiary/aromatic N) is 2. The lowest BCUT2D eigenvalue weighted by Crippen LogP contribution is -2.36. The highest BCUT2D eigenvalue weighted by molar-refractivity contribution is 7.89. The van der Waals surface area contributed by atoms with Crippen LogP contribution >= 0.6 is 0 Å². The highest BCUT2D eigenvalue weighted by Crippen LogP contribution is 2.26. The van der Waals surface area contributed by atoms with Gasteiger partial charge in [0.15, 0.2) is 6.61 Å². The summed E-state index contributed by atoms with van der Waals surface area (Å²) in [5.41, 5.74) is 1.22. The summed E-state index contributed by atoms with van der Waals surface area (Å²) in [5, 5.41) is 2.53. The van der Waals surface area contributed by atoms with Crippen LogP contribution in [-0.4, -0.2) is 67.6 Å². The normalized spacial score (nSPS) is 16.4. The molecule has 190 valence electrons. The Morgan fingerprint density at radius 3 is 2.17 bits per heavy atom. The predicted molar refractivity (Wildman–Crippen MR) is 130 cm³/mol. The van der Waals surface area contributed by atoms with Gasteiger partial charge in [0.2, 0.25) is 10.0 Å². The number of sulfonamides is 1. The van der Waals surface area contributed by atoms with E-state index in [2.05, 4.69) is 5.32 Å². The lowest BCUT2D eigenvalue weighted by molar-refractivity contribution is -0.147. The Kier molecular flexibility index (Phi) is 7.51. The fourth-order valence-corrected chi connectivity index (χ4v) is 6.05. The molecule has 0 bridgehead atoms. The number of esters is 1. The van der Waals surface area contributed by atoms with E-state index in [9.17, 15) is 27.6 Å². The van der Waals surface area contributed by atoms with Crippen LogP contribution in [0, 0.1) is 6.92 Å². The predicted octanol–water partition coefficient (Wildman–Crippen LogP) is 2.34. The summed E-state index contributed by atoms with van der Waals surface area (Å²) >= 11 is 0. The van der Waals surface area contributed by atoms with E-state index in [1.165, 1.54) is 22.5 Å². The van der Waals surface area contributed by atoms with Crippen molar-refractivity contribution in [2.75, 3.05) is 31.6 Å². The second kappa shape index (κ2) is 10.6. The van der Waals surface area contributed by atoms with Gasteiger partial charge < -0.3 is 10.1 Å². The Balaban J connectivity index is 1.35. The maximum Gasteiger partial charge on any atom is 0.326 e. The smallest absolute Gasteiger partial charge is 0.326 e. The first-order valence-corrected chi connectivity index (χ1v) is 13.1. The monoisotopic (exact) mass is 513 g/mol. The molecule has 36 heavy (non-hydrogen) atoms. The molecule has 2 aromatic carbocycles. The molecule has 1 saturated heterocycles. The fraction of sp³-hybridized carbons (Fsp3) is 0.360. The molecule has 2 aliphatic rings. The van der Waals surface area contributed by atoms with Crippen LogP contribution in [0.2, 0.25) is 0 Å². The molecule has 0 atom stereocenters. The summed E-state index contributed by atoms with van der Waals surface area (Å²) in [6, 6.07) is 10.8. The van der Waals surface area contributed by atoms with E-state index in [-0.39, 0.29) is 21.7 Å². The van der Waals surface area contributed by atoms with Gasteiger partial charge in [0, 0.05) is 18.8 Å². The van der Waals surface area contributed by atoms with Gasteiger partial charge in [-0.1, -0.05) is 31.0 Å². The van der Waals surface area contributed by atoms with Crippen LogP contribution in [0.4, 0.5) is 5.69 Å². The van der Waals surface area contributed by atoms with E-state index in [1.54, 1.807) is 31.2 Å². The van der Waals surface area contributed by atoms with Crippen molar-refractivity contribution in [1.29, 1.82) is 0 Å². The van der Waals surface area contributed by atoms with Crippen molar-refractivity contribution in [1.82, 2.24) is 9.21 Å². The second-order valence-electron chi connectivity index (χ2n) is 8.75. The van der Waals surface area contributed by atoms with Crippen LogP contribution in [0.1, 0.15) is 52.0 Å². The quantitative estimate of drug-likeness (QED) is 0.444. The van der Waals surface area contributed by atoms with Crippen molar-refractivity contribution in [3.63, 3.8) is 0 Å². The molecule has 0 aliphatic carbocycles. The Bertz CT molecular complexity index is 1280. The third-order valence-electron chi connectivity index (χ3n) is 6.18. The van der Waals surface area contributed by atoms with Crippen molar-refractivity contribution >= 4 is 39.4 Å². The summed E-state index contributed by atoms with van der Waals surface area (Å²) in [5.74, 6) is -2.81. The van der Waals surface area contributed by atoms with E-state index in [4.69, 9.17) is 4.74 Å². The first-order chi connectivity index (χ1) is 17.2. The van der Waals surface area contributed by atoms with Crippen LogP contribution in [0.5, 0.6) is 0 Å². The minimum Gasteiger partial charge on any atom is -0.454 e. The molecule has 1 fully saturated rings. The Hall–Kier alpha value is -3.57. The number of benzene rings is 2. The average molecular weight is 514 g/mol. The van der Waals surface area contributed by atoms with Gasteiger partial charge in [-0.25, -0.2) is 8.42 Å². The zero-order chi connectivity index (χ0) is 25.9. The van der Waals surface area contributed by atoms with E-state index >= 15 is 0 Å². The molecule has 11 heteroatoms. The SMILES string of the molecule is Cc1ccc(NC(=O)COC(=O)CN2C(=O)c3ccccc3C2=O)cc1S(=O)(=O)N1CCCCCC1. The topological polar surface area (TPSA) is 130 Å². The molecule has 0 spiro atoms. The summed E-state index contributed by atoms with van der Waals surface area (Å²) in [6.07, 6.45) is 3.60. The van der Waals surface area contributed by atoms with Gasteiger partial charge in [0.05, 0.1) is 16.0 Å². The summed E-state index contributed by atoms with van der Waals surface area (Å²) in [7, 11) is -3.72. The number of anilines is 1. The third-order valence-corrected chi connectivity index (χ3v) is 8.23. The molecule has 2 aromatic rings. The molecule has 2 aliphatic heterocycles. The van der Waals surface area contributed by atoms with Crippen LogP contribution in [0.25, 0.3) is 0 Å². The highest BCUT2D eigenvalue weighted by Gasteiger charge is 2.36. The van der Waals surface area contributed by atoms with Gasteiger partial charge in [0.1, 0.15) is 6.54 Å². The summed E-state index contributed by atoms with van der Waals surface area (Å²) in [6.45, 7) is 1.33. The van der Waals surface area contributed by atoms with Crippen LogP contribution in [0.3, 0.4) is 0 Å². The van der Waals surface area contributed by atoms with Crippen LogP contribution in [-0.2, 0) is 24.3 Å². The van der Waals surface area contributed by atoms with Gasteiger partial charge in [-0.05, 0) is 49.6 Å². The molecule has 2 heterocycles. The van der Waals surface area contributed by atoms with Crippen molar-refractivity contribution in [3.05, 3.63) is 59.2 Å². The maximum absolute atomic E-state index is 13.2. The number of aryl methyl sites for hydroxylation is 1. The standard InChI is InChI=1S/C25H27N3O7S/c1-17-10-11-18(14-21(17)36(33,34)27-12-6-2-3-7-13-27)26-22(29)16-35-23(30)15-28-24(31)19-8-4-5-9-20(19)25(28)32/h4-5,8-11,14H,2-3,6-7,12-13,15-16H2,1H3,(H,26,29). The first-order valence-electron chi connectivity index (χ1n) is 11.7. The van der Waals surface area contributed by atoms with E-state index in [0.29, 0.717) is 18.7 Å². The lowest BCUT2D eigenvalue weighted by Gasteiger charge is -2.21. The number of imide groups is 1. The first kappa shape index (κ1) is 25.5. The van der Waals surface area contributed by atoms with Crippen molar-refractivity contribution in [3.8, 4) is 0 Å². The number of carbonyl (C=O) groups excluding carboxylic acids is 4. The van der Waals surface area contributed by atoms with Gasteiger partial charge in [-0.2, -0.15) is 4.31 Å². The van der Waals surface area contributed by atoms with Gasteiger partial charge in [-0.3, -0.25) is 24.1 Å². The number of ether oxygens (including phenoxy) is 1. The van der Waals surface area contributed by atoms with E-state index in [1.807, 2.05) is 0 Å². The van der Waals surface area contributed by atoms with Crippen molar-refractivity contribution < 1.29 is 32.3 Å². The lowest BCUT2D eigenvalue weighted by atomic mass is 10.1. The summed E-state index contributed by atoms with van der Waals surface area (Å²) in [4.78, 5) is 50.2. The van der Waals surface area contributed by atoms with Crippen LogP contribution in [0.15, 0.2) is 47.4 Å².